The summed E-state index contributed by atoms with van der Waals surface area (Å²) in [5, 5.41) is 11.0. The summed E-state index contributed by atoms with van der Waals surface area (Å²) in [5.41, 5.74) is 1.01. The number of anilines is 1. The zero-order chi connectivity index (χ0) is 13.1. The van der Waals surface area contributed by atoms with Gasteiger partial charge in [-0.3, -0.25) is 0 Å². The Morgan fingerprint density at radius 1 is 1.37 bits per heavy atom. The molecule has 2 saturated carbocycles. The van der Waals surface area contributed by atoms with Gasteiger partial charge in [0.25, 0.3) is 0 Å². The van der Waals surface area contributed by atoms with Crippen LogP contribution in [0.5, 0.6) is 0 Å². The number of rotatable bonds is 2. The van der Waals surface area contributed by atoms with Crippen LogP contribution in [0.3, 0.4) is 0 Å². The van der Waals surface area contributed by atoms with Crippen LogP contribution >= 0.6 is 11.6 Å². The van der Waals surface area contributed by atoms with E-state index in [9.17, 15) is 5.11 Å². The van der Waals surface area contributed by atoms with Crippen LogP contribution in [-0.4, -0.2) is 33.8 Å². The molecule has 1 saturated heterocycles. The lowest BCUT2D eigenvalue weighted by atomic mass is 9.88. The van der Waals surface area contributed by atoms with Crippen LogP contribution in [0.4, 0.5) is 5.82 Å². The minimum atomic E-state index is -0.192. The second kappa shape index (κ2) is 4.06. The highest BCUT2D eigenvalue weighted by molar-refractivity contribution is 6.30. The van der Waals surface area contributed by atoms with Crippen molar-refractivity contribution in [2.75, 3.05) is 11.4 Å². The second-order valence-corrected chi connectivity index (χ2v) is 6.47. The quantitative estimate of drug-likeness (QED) is 0.840. The number of aliphatic hydroxyl groups is 1. The van der Waals surface area contributed by atoms with Crippen molar-refractivity contribution in [1.82, 2.24) is 9.97 Å². The summed E-state index contributed by atoms with van der Waals surface area (Å²) in [4.78, 5) is 10.8. The molecule has 2 heterocycles. The standard InChI is InChI=1S/C14H18ClN3O/c1-2-9-13(15)16-6-17-14(9)18-5-8-3-7-4-10(8)11(18)12(7)19/h6-8,10-12,19H,2-5H2,1H3. The molecule has 1 N–H and O–H groups in total. The van der Waals surface area contributed by atoms with Crippen LogP contribution < -0.4 is 4.90 Å². The van der Waals surface area contributed by atoms with Gasteiger partial charge in [0, 0.05) is 12.1 Å². The molecule has 1 aromatic heterocycles. The normalized spacial score (nSPS) is 39.3. The summed E-state index contributed by atoms with van der Waals surface area (Å²) in [5.74, 6) is 2.84. The van der Waals surface area contributed by atoms with Gasteiger partial charge in [-0.05, 0) is 37.0 Å². The molecular weight excluding hydrogens is 262 g/mol. The van der Waals surface area contributed by atoms with E-state index >= 15 is 0 Å². The molecule has 2 aliphatic carbocycles. The molecule has 0 spiro atoms. The number of fused-ring (bicyclic) bond motifs is 1. The summed E-state index contributed by atoms with van der Waals surface area (Å²) >= 11 is 6.19. The van der Waals surface area contributed by atoms with Crippen LogP contribution in [0.25, 0.3) is 0 Å². The van der Waals surface area contributed by atoms with E-state index in [1.54, 1.807) is 0 Å². The molecule has 0 radical (unpaired) electrons. The number of aliphatic hydroxyl groups excluding tert-OH is 1. The highest BCUT2D eigenvalue weighted by Crippen LogP contribution is 2.55. The SMILES string of the molecule is CCc1c(Cl)ncnc1N1CC2CC3CC2C1C3O. The maximum absolute atomic E-state index is 10.5. The Morgan fingerprint density at radius 2 is 2.21 bits per heavy atom. The minimum Gasteiger partial charge on any atom is -0.391 e. The fourth-order valence-corrected chi connectivity index (χ4v) is 4.85. The Bertz CT molecular complexity index is 521. The molecule has 5 atom stereocenters. The fraction of sp³-hybridized carbons (Fsp3) is 0.714. The number of hydrogen-bond acceptors (Lipinski definition) is 4. The van der Waals surface area contributed by atoms with Crippen molar-refractivity contribution < 1.29 is 5.11 Å². The Balaban J connectivity index is 1.76. The van der Waals surface area contributed by atoms with Crippen molar-refractivity contribution >= 4 is 17.4 Å². The van der Waals surface area contributed by atoms with Gasteiger partial charge in [-0.2, -0.15) is 0 Å². The lowest BCUT2D eigenvalue weighted by molar-refractivity contribution is 0.0965. The Kier molecular flexibility index (Phi) is 2.55. The van der Waals surface area contributed by atoms with Gasteiger partial charge in [-0.25, -0.2) is 9.97 Å². The first-order valence-electron chi connectivity index (χ1n) is 7.14. The fourth-order valence-electron chi connectivity index (χ4n) is 4.59. The summed E-state index contributed by atoms with van der Waals surface area (Å²) in [6.45, 7) is 3.09. The van der Waals surface area contributed by atoms with E-state index in [4.69, 9.17) is 11.6 Å². The first kappa shape index (κ1) is 11.9. The van der Waals surface area contributed by atoms with Gasteiger partial charge in [0.05, 0.1) is 12.1 Å². The van der Waals surface area contributed by atoms with Crippen LogP contribution in [0, 0.1) is 17.8 Å². The number of hydrogen-bond donors (Lipinski definition) is 1. The number of halogens is 1. The molecule has 4 rings (SSSR count). The van der Waals surface area contributed by atoms with Crippen LogP contribution in [0.1, 0.15) is 25.3 Å². The van der Waals surface area contributed by atoms with Gasteiger partial charge in [0.2, 0.25) is 0 Å². The Hall–Kier alpha value is -0.870. The van der Waals surface area contributed by atoms with E-state index in [1.165, 1.54) is 19.2 Å². The van der Waals surface area contributed by atoms with Crippen molar-refractivity contribution in [3.8, 4) is 0 Å². The van der Waals surface area contributed by atoms with Crippen molar-refractivity contribution in [2.24, 2.45) is 17.8 Å². The predicted molar refractivity (Wildman–Crippen MR) is 73.3 cm³/mol. The lowest BCUT2D eigenvalue weighted by Crippen LogP contribution is -2.41. The van der Waals surface area contributed by atoms with Gasteiger partial charge in [-0.15, -0.1) is 0 Å². The van der Waals surface area contributed by atoms with E-state index in [0.717, 1.165) is 30.3 Å². The number of aromatic nitrogens is 2. The van der Waals surface area contributed by atoms with Gasteiger partial charge in [0.1, 0.15) is 17.3 Å². The molecular formula is C14H18ClN3O. The first-order valence-corrected chi connectivity index (χ1v) is 7.52. The highest BCUT2D eigenvalue weighted by atomic mass is 35.5. The largest absolute Gasteiger partial charge is 0.391 e. The molecule has 3 fully saturated rings. The zero-order valence-electron chi connectivity index (χ0n) is 11.0. The minimum absolute atomic E-state index is 0.192. The van der Waals surface area contributed by atoms with Gasteiger partial charge >= 0.3 is 0 Å². The molecule has 3 aliphatic rings. The van der Waals surface area contributed by atoms with Crippen LogP contribution in [-0.2, 0) is 6.42 Å². The summed E-state index contributed by atoms with van der Waals surface area (Å²) in [6.07, 6.45) is 4.54. The van der Waals surface area contributed by atoms with Crippen molar-refractivity contribution in [1.29, 1.82) is 0 Å². The Labute approximate surface area is 117 Å². The number of nitrogens with zero attached hydrogens (tertiary/aromatic N) is 3. The summed E-state index contributed by atoms with van der Waals surface area (Å²) < 4.78 is 0. The van der Waals surface area contributed by atoms with Gasteiger partial charge in [0.15, 0.2) is 0 Å². The third-order valence-electron chi connectivity index (χ3n) is 5.34. The third-order valence-corrected chi connectivity index (χ3v) is 5.67. The average molecular weight is 280 g/mol. The summed E-state index contributed by atoms with van der Waals surface area (Å²) in [6, 6.07) is 0.250. The third kappa shape index (κ3) is 1.50. The summed E-state index contributed by atoms with van der Waals surface area (Å²) in [7, 11) is 0. The smallest absolute Gasteiger partial charge is 0.137 e. The van der Waals surface area contributed by atoms with Crippen LogP contribution in [0.15, 0.2) is 6.33 Å². The molecule has 19 heavy (non-hydrogen) atoms. The second-order valence-electron chi connectivity index (χ2n) is 6.11. The van der Waals surface area contributed by atoms with Crippen LogP contribution in [0.2, 0.25) is 5.15 Å². The van der Waals surface area contributed by atoms with Crippen molar-refractivity contribution in [3.05, 3.63) is 17.0 Å². The maximum Gasteiger partial charge on any atom is 0.137 e. The molecule has 102 valence electrons. The van der Waals surface area contributed by atoms with E-state index in [0.29, 0.717) is 17.0 Å². The molecule has 0 amide bonds. The van der Waals surface area contributed by atoms with E-state index in [-0.39, 0.29) is 12.1 Å². The predicted octanol–water partition coefficient (Wildman–Crippen LogP) is 1.90. The zero-order valence-corrected chi connectivity index (χ0v) is 11.7. The monoisotopic (exact) mass is 279 g/mol. The van der Waals surface area contributed by atoms with E-state index in [1.807, 2.05) is 0 Å². The molecule has 1 aromatic rings. The molecule has 5 heteroatoms. The lowest BCUT2D eigenvalue weighted by Gasteiger charge is -2.30. The molecule has 2 bridgehead atoms. The first-order chi connectivity index (χ1) is 9.20. The van der Waals surface area contributed by atoms with E-state index < -0.39 is 0 Å². The topological polar surface area (TPSA) is 49.2 Å². The molecule has 1 aliphatic heterocycles. The molecule has 4 nitrogen and oxygen atoms in total. The average Bonchev–Trinajstić information content (AvgIpc) is 2.99. The molecule has 5 unspecified atom stereocenters. The van der Waals surface area contributed by atoms with Gasteiger partial charge in [-0.1, -0.05) is 18.5 Å². The van der Waals surface area contributed by atoms with Gasteiger partial charge < -0.3 is 10.0 Å². The highest BCUT2D eigenvalue weighted by Gasteiger charge is 2.59. The molecule has 0 aromatic carbocycles. The van der Waals surface area contributed by atoms with Crippen molar-refractivity contribution in [3.63, 3.8) is 0 Å². The van der Waals surface area contributed by atoms with Crippen molar-refractivity contribution in [2.45, 2.75) is 38.3 Å². The maximum atomic E-state index is 10.5. The van der Waals surface area contributed by atoms with E-state index in [2.05, 4.69) is 21.8 Å². The Morgan fingerprint density at radius 3 is 2.95 bits per heavy atom.